The topological polar surface area (TPSA) is 91.2 Å². The Kier molecular flexibility index (Phi) is 5.59. The normalized spacial score (nSPS) is 10.7. The molecule has 0 spiro atoms. The van der Waals surface area contributed by atoms with Crippen molar-refractivity contribution in [3.63, 3.8) is 0 Å². The lowest BCUT2D eigenvalue weighted by atomic mass is 10.2. The highest BCUT2D eigenvalue weighted by molar-refractivity contribution is 9.10. The molecule has 3 N–H and O–H groups in total. The van der Waals surface area contributed by atoms with E-state index >= 15 is 0 Å². The van der Waals surface area contributed by atoms with Crippen molar-refractivity contribution in [3.05, 3.63) is 52.0 Å². The number of carbonyl (C=O) groups is 1. The van der Waals surface area contributed by atoms with Gasteiger partial charge in [0.15, 0.2) is 6.61 Å². The first-order valence-corrected chi connectivity index (χ1v) is 7.48. The minimum Gasteiger partial charge on any atom is -0.508 e. The van der Waals surface area contributed by atoms with E-state index in [-0.39, 0.29) is 18.1 Å². The molecular formula is C16H15BrN2O4. The maximum Gasteiger partial charge on any atom is 0.277 e. The van der Waals surface area contributed by atoms with Gasteiger partial charge in [-0.3, -0.25) is 4.79 Å². The molecule has 0 radical (unpaired) electrons. The van der Waals surface area contributed by atoms with Gasteiger partial charge >= 0.3 is 0 Å². The first-order chi connectivity index (χ1) is 11.0. The number of carbonyl (C=O) groups excluding carboxylic acids is 1. The Labute approximate surface area is 141 Å². The lowest BCUT2D eigenvalue weighted by Crippen LogP contribution is -2.24. The first-order valence-electron chi connectivity index (χ1n) is 6.68. The monoisotopic (exact) mass is 378 g/mol. The lowest BCUT2D eigenvalue weighted by molar-refractivity contribution is -0.123. The van der Waals surface area contributed by atoms with Crippen LogP contribution < -0.4 is 10.2 Å². The molecule has 6 nitrogen and oxygen atoms in total. The Balaban J connectivity index is 1.86. The van der Waals surface area contributed by atoms with Gasteiger partial charge < -0.3 is 14.9 Å². The summed E-state index contributed by atoms with van der Waals surface area (Å²) in [6.07, 6.45) is 1.27. The number of amides is 1. The summed E-state index contributed by atoms with van der Waals surface area (Å²) >= 11 is 3.36. The van der Waals surface area contributed by atoms with E-state index in [1.165, 1.54) is 24.4 Å². The van der Waals surface area contributed by atoms with Crippen LogP contribution in [0.3, 0.4) is 0 Å². The van der Waals surface area contributed by atoms with Gasteiger partial charge in [0.2, 0.25) is 0 Å². The summed E-state index contributed by atoms with van der Waals surface area (Å²) in [4.78, 5) is 11.7. The molecule has 0 unspecified atom stereocenters. The zero-order chi connectivity index (χ0) is 16.8. The smallest absolute Gasteiger partial charge is 0.277 e. The largest absolute Gasteiger partial charge is 0.508 e. The summed E-state index contributed by atoms with van der Waals surface area (Å²) < 4.78 is 6.15. The second-order valence-corrected chi connectivity index (χ2v) is 5.61. The molecule has 0 saturated heterocycles. The van der Waals surface area contributed by atoms with Gasteiger partial charge in [-0.15, -0.1) is 0 Å². The van der Waals surface area contributed by atoms with Gasteiger partial charge in [-0.1, -0.05) is 6.07 Å². The van der Waals surface area contributed by atoms with Crippen LogP contribution in [0.15, 0.2) is 46.0 Å². The molecular weight excluding hydrogens is 364 g/mol. The molecule has 2 aromatic rings. The predicted molar refractivity (Wildman–Crippen MR) is 89.9 cm³/mol. The van der Waals surface area contributed by atoms with E-state index in [4.69, 9.17) is 4.74 Å². The zero-order valence-corrected chi connectivity index (χ0v) is 13.9. The molecule has 0 aliphatic heterocycles. The Bertz CT molecular complexity index is 747. The summed E-state index contributed by atoms with van der Waals surface area (Å²) in [7, 11) is 0. The first kappa shape index (κ1) is 16.8. The van der Waals surface area contributed by atoms with E-state index in [2.05, 4.69) is 26.5 Å². The van der Waals surface area contributed by atoms with Crippen LogP contribution in [-0.2, 0) is 4.79 Å². The third-order valence-electron chi connectivity index (χ3n) is 2.85. The molecule has 7 heteroatoms. The standard InChI is InChI=1S/C16H15BrN2O4/c1-10-2-5-15(13(17)6-10)23-9-16(22)19-18-8-11-3-4-12(20)7-14(11)21/h2-8,20-21H,9H2,1H3,(H,19,22). The van der Waals surface area contributed by atoms with E-state index in [0.717, 1.165) is 10.0 Å². The highest BCUT2D eigenvalue weighted by Gasteiger charge is 2.05. The molecule has 0 atom stereocenters. The van der Waals surface area contributed by atoms with Crippen molar-refractivity contribution in [3.8, 4) is 17.2 Å². The van der Waals surface area contributed by atoms with Crippen LogP contribution in [0.2, 0.25) is 0 Å². The Hall–Kier alpha value is -2.54. The van der Waals surface area contributed by atoms with Gasteiger partial charge in [-0.05, 0) is 52.7 Å². The summed E-state index contributed by atoms with van der Waals surface area (Å²) in [6, 6.07) is 9.59. The third-order valence-corrected chi connectivity index (χ3v) is 3.47. The molecule has 2 rings (SSSR count). The number of phenolic OH excluding ortho intramolecular Hbond substituents is 2. The molecule has 120 valence electrons. The summed E-state index contributed by atoms with van der Waals surface area (Å²) in [5.41, 5.74) is 3.73. The number of rotatable bonds is 5. The van der Waals surface area contributed by atoms with Crippen LogP contribution in [0.5, 0.6) is 17.2 Å². The number of aryl methyl sites for hydroxylation is 1. The predicted octanol–water partition coefficient (Wildman–Crippen LogP) is 2.70. The number of ether oxygens (including phenoxy) is 1. The van der Waals surface area contributed by atoms with Gasteiger partial charge in [0, 0.05) is 11.6 Å². The number of hydrogen-bond donors (Lipinski definition) is 3. The van der Waals surface area contributed by atoms with Crippen molar-refractivity contribution in [2.45, 2.75) is 6.92 Å². The maximum absolute atomic E-state index is 11.7. The number of nitrogens with zero attached hydrogens (tertiary/aromatic N) is 1. The molecule has 1 amide bonds. The number of phenols is 2. The van der Waals surface area contributed by atoms with Gasteiger partial charge in [0.1, 0.15) is 17.2 Å². The Morgan fingerprint density at radius 3 is 2.78 bits per heavy atom. The van der Waals surface area contributed by atoms with Crippen LogP contribution in [0, 0.1) is 6.92 Å². The molecule has 0 heterocycles. The van der Waals surface area contributed by atoms with Crippen molar-refractivity contribution in [2.75, 3.05) is 6.61 Å². The van der Waals surface area contributed by atoms with Crippen LogP contribution in [0.4, 0.5) is 0 Å². The maximum atomic E-state index is 11.7. The molecule has 2 aromatic carbocycles. The van der Waals surface area contributed by atoms with Gasteiger partial charge in [-0.2, -0.15) is 5.10 Å². The van der Waals surface area contributed by atoms with E-state index in [0.29, 0.717) is 11.3 Å². The van der Waals surface area contributed by atoms with Gasteiger partial charge in [0.25, 0.3) is 5.91 Å². The molecule has 23 heavy (non-hydrogen) atoms. The van der Waals surface area contributed by atoms with E-state index in [1.54, 1.807) is 6.07 Å². The van der Waals surface area contributed by atoms with E-state index in [1.807, 2.05) is 19.1 Å². The second-order valence-electron chi connectivity index (χ2n) is 4.76. The quantitative estimate of drug-likeness (QED) is 0.550. The van der Waals surface area contributed by atoms with Gasteiger partial charge in [-0.25, -0.2) is 5.43 Å². The van der Waals surface area contributed by atoms with Crippen LogP contribution in [0.1, 0.15) is 11.1 Å². The van der Waals surface area contributed by atoms with Crippen molar-refractivity contribution in [2.24, 2.45) is 5.10 Å². The average molecular weight is 379 g/mol. The van der Waals surface area contributed by atoms with Crippen molar-refractivity contribution < 1.29 is 19.7 Å². The number of halogens is 1. The van der Waals surface area contributed by atoms with E-state index in [9.17, 15) is 15.0 Å². The number of aromatic hydroxyl groups is 2. The van der Waals surface area contributed by atoms with Crippen LogP contribution in [0.25, 0.3) is 0 Å². The molecule has 0 aliphatic carbocycles. The van der Waals surface area contributed by atoms with Crippen LogP contribution in [-0.4, -0.2) is 28.9 Å². The number of nitrogens with one attached hydrogen (secondary N) is 1. The lowest BCUT2D eigenvalue weighted by Gasteiger charge is -2.07. The summed E-state index contributed by atoms with van der Waals surface area (Å²) in [5, 5.41) is 22.5. The van der Waals surface area contributed by atoms with Gasteiger partial charge in [0.05, 0.1) is 10.7 Å². The second kappa shape index (κ2) is 7.64. The SMILES string of the molecule is Cc1ccc(OCC(=O)NN=Cc2ccc(O)cc2O)c(Br)c1. The van der Waals surface area contributed by atoms with Crippen molar-refractivity contribution in [1.29, 1.82) is 0 Å². The Morgan fingerprint density at radius 1 is 1.30 bits per heavy atom. The highest BCUT2D eigenvalue weighted by atomic mass is 79.9. The molecule has 0 fully saturated rings. The third kappa shape index (κ3) is 5.00. The fourth-order valence-electron chi connectivity index (χ4n) is 1.71. The van der Waals surface area contributed by atoms with Crippen LogP contribution >= 0.6 is 15.9 Å². The number of hydrogen-bond acceptors (Lipinski definition) is 5. The zero-order valence-electron chi connectivity index (χ0n) is 12.3. The minimum absolute atomic E-state index is 0.0549. The summed E-state index contributed by atoms with van der Waals surface area (Å²) in [6.45, 7) is 1.76. The Morgan fingerprint density at radius 2 is 2.09 bits per heavy atom. The fourth-order valence-corrected chi connectivity index (χ4v) is 2.32. The molecule has 0 bridgehead atoms. The summed E-state index contributed by atoms with van der Waals surface area (Å²) in [5.74, 6) is -0.0681. The number of hydrazone groups is 1. The van der Waals surface area contributed by atoms with E-state index < -0.39 is 5.91 Å². The highest BCUT2D eigenvalue weighted by Crippen LogP contribution is 2.25. The minimum atomic E-state index is -0.438. The van der Waals surface area contributed by atoms with Crippen molar-refractivity contribution in [1.82, 2.24) is 5.43 Å². The fraction of sp³-hybridized carbons (Fsp3) is 0.125. The molecule has 0 aromatic heterocycles. The average Bonchev–Trinajstić information content (AvgIpc) is 2.48. The molecule has 0 aliphatic rings. The number of benzene rings is 2. The molecule has 0 saturated carbocycles. The van der Waals surface area contributed by atoms with Crippen molar-refractivity contribution >= 4 is 28.1 Å².